The van der Waals surface area contributed by atoms with Gasteiger partial charge in [0.1, 0.15) is 5.60 Å². The molecule has 0 amide bonds. The van der Waals surface area contributed by atoms with E-state index < -0.39 is 17.5 Å². The quantitative estimate of drug-likeness (QED) is 0.884. The Kier molecular flexibility index (Phi) is 3.67. The largest absolute Gasteiger partial charge is 0.481 e. The van der Waals surface area contributed by atoms with Crippen molar-refractivity contribution in [3.63, 3.8) is 0 Å². The Labute approximate surface area is 112 Å². The Balaban J connectivity index is 2.61. The summed E-state index contributed by atoms with van der Waals surface area (Å²) in [5.74, 6) is -1.98. The van der Waals surface area contributed by atoms with Crippen LogP contribution in [0.15, 0.2) is 60.7 Å². The maximum atomic E-state index is 11.3. The first-order valence-corrected chi connectivity index (χ1v) is 6.13. The Morgan fingerprint density at radius 2 is 1.32 bits per heavy atom. The van der Waals surface area contributed by atoms with Crippen LogP contribution in [0.3, 0.4) is 0 Å². The van der Waals surface area contributed by atoms with E-state index in [0.717, 1.165) is 0 Å². The van der Waals surface area contributed by atoms with Crippen LogP contribution in [0.1, 0.15) is 18.1 Å². The van der Waals surface area contributed by atoms with E-state index in [2.05, 4.69) is 0 Å². The second-order valence-corrected chi connectivity index (χ2v) is 4.56. The SMILES string of the molecule is C[C@H](C(=O)O)C(O)(c1ccccc1)c1ccccc1. The fourth-order valence-electron chi connectivity index (χ4n) is 2.23. The van der Waals surface area contributed by atoms with Crippen LogP contribution >= 0.6 is 0 Å². The fourth-order valence-corrected chi connectivity index (χ4v) is 2.23. The van der Waals surface area contributed by atoms with Crippen LogP contribution in [0.4, 0.5) is 0 Å². The second kappa shape index (κ2) is 5.24. The molecule has 19 heavy (non-hydrogen) atoms. The summed E-state index contributed by atoms with van der Waals surface area (Å²) in [4.78, 5) is 11.3. The third kappa shape index (κ3) is 2.37. The van der Waals surface area contributed by atoms with Crippen molar-refractivity contribution in [2.75, 3.05) is 0 Å². The Hall–Kier alpha value is -2.13. The molecule has 0 spiro atoms. The molecular formula is C16H16O3. The molecule has 0 aromatic heterocycles. The van der Waals surface area contributed by atoms with Gasteiger partial charge in [0.2, 0.25) is 0 Å². The minimum absolute atomic E-state index is 0.580. The number of carboxylic acids is 1. The van der Waals surface area contributed by atoms with Crippen molar-refractivity contribution < 1.29 is 15.0 Å². The third-order valence-electron chi connectivity index (χ3n) is 3.42. The molecule has 98 valence electrons. The fraction of sp³-hybridized carbons (Fsp3) is 0.188. The molecule has 0 saturated heterocycles. The van der Waals surface area contributed by atoms with Gasteiger partial charge in [0.15, 0.2) is 0 Å². The standard InChI is InChI=1S/C16H16O3/c1-12(15(17)18)16(19,13-8-4-2-5-9-13)14-10-6-3-7-11-14/h2-12,19H,1H3,(H,17,18)/t12-/m1/s1. The summed E-state index contributed by atoms with van der Waals surface area (Å²) in [5.41, 5.74) is -0.374. The number of carbonyl (C=O) groups is 1. The van der Waals surface area contributed by atoms with E-state index in [-0.39, 0.29) is 0 Å². The lowest BCUT2D eigenvalue weighted by Crippen LogP contribution is -2.39. The summed E-state index contributed by atoms with van der Waals surface area (Å²) in [5, 5.41) is 20.3. The zero-order chi connectivity index (χ0) is 13.9. The van der Waals surface area contributed by atoms with E-state index in [9.17, 15) is 15.0 Å². The molecule has 0 unspecified atom stereocenters. The van der Waals surface area contributed by atoms with E-state index >= 15 is 0 Å². The molecule has 3 heteroatoms. The molecule has 2 N–H and O–H groups in total. The minimum Gasteiger partial charge on any atom is -0.481 e. The number of aliphatic carboxylic acids is 1. The molecule has 0 radical (unpaired) electrons. The molecule has 0 aliphatic carbocycles. The van der Waals surface area contributed by atoms with Crippen molar-refractivity contribution in [3.05, 3.63) is 71.8 Å². The summed E-state index contributed by atoms with van der Waals surface area (Å²) < 4.78 is 0. The first kappa shape index (κ1) is 13.3. The maximum absolute atomic E-state index is 11.3. The highest BCUT2D eigenvalue weighted by Gasteiger charge is 2.41. The van der Waals surface area contributed by atoms with Gasteiger partial charge in [-0.25, -0.2) is 0 Å². The summed E-state index contributed by atoms with van der Waals surface area (Å²) in [7, 11) is 0. The van der Waals surface area contributed by atoms with Gasteiger partial charge < -0.3 is 10.2 Å². The van der Waals surface area contributed by atoms with E-state index in [1.807, 2.05) is 12.1 Å². The average molecular weight is 256 g/mol. The van der Waals surface area contributed by atoms with Gasteiger partial charge in [-0.3, -0.25) is 4.79 Å². The Morgan fingerprint density at radius 1 is 0.947 bits per heavy atom. The summed E-state index contributed by atoms with van der Waals surface area (Å²) in [6.07, 6.45) is 0. The molecule has 2 rings (SSSR count). The average Bonchev–Trinajstić information content (AvgIpc) is 2.47. The van der Waals surface area contributed by atoms with E-state index in [1.54, 1.807) is 48.5 Å². The Morgan fingerprint density at radius 3 is 1.63 bits per heavy atom. The number of aliphatic hydroxyl groups is 1. The summed E-state index contributed by atoms with van der Waals surface area (Å²) in [6, 6.07) is 17.8. The van der Waals surface area contributed by atoms with E-state index in [1.165, 1.54) is 6.92 Å². The predicted octanol–water partition coefficient (Wildman–Crippen LogP) is 2.64. The zero-order valence-corrected chi connectivity index (χ0v) is 10.7. The van der Waals surface area contributed by atoms with Crippen LogP contribution in [0.5, 0.6) is 0 Å². The second-order valence-electron chi connectivity index (χ2n) is 4.56. The number of rotatable bonds is 4. The molecule has 0 bridgehead atoms. The van der Waals surface area contributed by atoms with Crippen molar-refractivity contribution >= 4 is 5.97 Å². The van der Waals surface area contributed by atoms with Gasteiger partial charge in [0.05, 0.1) is 5.92 Å². The topological polar surface area (TPSA) is 57.5 Å². The normalized spacial score (nSPS) is 12.9. The van der Waals surface area contributed by atoms with Gasteiger partial charge in [0, 0.05) is 0 Å². The molecule has 0 aliphatic rings. The van der Waals surface area contributed by atoms with Crippen LogP contribution in [-0.4, -0.2) is 16.2 Å². The van der Waals surface area contributed by atoms with Crippen LogP contribution in [-0.2, 0) is 10.4 Å². The summed E-state index contributed by atoms with van der Waals surface area (Å²) >= 11 is 0. The Bertz CT molecular complexity index is 509. The molecule has 1 atom stereocenters. The molecule has 0 saturated carbocycles. The van der Waals surface area contributed by atoms with Crippen molar-refractivity contribution in [2.45, 2.75) is 12.5 Å². The number of hydrogen-bond donors (Lipinski definition) is 2. The van der Waals surface area contributed by atoms with Crippen molar-refractivity contribution in [1.29, 1.82) is 0 Å². The zero-order valence-electron chi connectivity index (χ0n) is 10.7. The summed E-state index contributed by atoms with van der Waals surface area (Å²) in [6.45, 7) is 1.52. The van der Waals surface area contributed by atoms with Gasteiger partial charge in [-0.2, -0.15) is 0 Å². The number of carboxylic acid groups (broad SMARTS) is 1. The van der Waals surface area contributed by atoms with E-state index in [0.29, 0.717) is 11.1 Å². The molecule has 0 heterocycles. The highest BCUT2D eigenvalue weighted by molar-refractivity contribution is 5.72. The number of hydrogen-bond acceptors (Lipinski definition) is 2. The van der Waals surface area contributed by atoms with Crippen LogP contribution in [0.25, 0.3) is 0 Å². The molecule has 2 aromatic carbocycles. The van der Waals surface area contributed by atoms with Gasteiger partial charge in [-0.1, -0.05) is 60.7 Å². The lowest BCUT2D eigenvalue weighted by Gasteiger charge is -2.33. The lowest BCUT2D eigenvalue weighted by molar-refractivity contribution is -0.149. The molecule has 2 aromatic rings. The lowest BCUT2D eigenvalue weighted by atomic mass is 9.77. The number of benzene rings is 2. The monoisotopic (exact) mass is 256 g/mol. The van der Waals surface area contributed by atoms with Gasteiger partial charge in [0.25, 0.3) is 0 Å². The predicted molar refractivity (Wildman–Crippen MR) is 72.7 cm³/mol. The van der Waals surface area contributed by atoms with E-state index in [4.69, 9.17) is 0 Å². The molecule has 0 fully saturated rings. The smallest absolute Gasteiger partial charge is 0.309 e. The van der Waals surface area contributed by atoms with Gasteiger partial charge in [-0.05, 0) is 18.1 Å². The highest BCUT2D eigenvalue weighted by atomic mass is 16.4. The van der Waals surface area contributed by atoms with Crippen LogP contribution in [0, 0.1) is 5.92 Å². The van der Waals surface area contributed by atoms with Crippen LogP contribution in [0.2, 0.25) is 0 Å². The minimum atomic E-state index is -1.53. The first-order valence-electron chi connectivity index (χ1n) is 6.13. The molecular weight excluding hydrogens is 240 g/mol. The van der Waals surface area contributed by atoms with Crippen molar-refractivity contribution in [3.8, 4) is 0 Å². The molecule has 0 aliphatic heterocycles. The van der Waals surface area contributed by atoms with Gasteiger partial charge >= 0.3 is 5.97 Å². The van der Waals surface area contributed by atoms with Crippen molar-refractivity contribution in [2.24, 2.45) is 5.92 Å². The van der Waals surface area contributed by atoms with Crippen molar-refractivity contribution in [1.82, 2.24) is 0 Å². The third-order valence-corrected chi connectivity index (χ3v) is 3.42. The van der Waals surface area contributed by atoms with Gasteiger partial charge in [-0.15, -0.1) is 0 Å². The first-order chi connectivity index (χ1) is 9.06. The molecule has 3 nitrogen and oxygen atoms in total. The maximum Gasteiger partial charge on any atom is 0.309 e. The highest BCUT2D eigenvalue weighted by Crippen LogP contribution is 2.36. The van der Waals surface area contributed by atoms with Crippen LogP contribution < -0.4 is 0 Å².